The largest absolute Gasteiger partial charge is 0.455 e. The van der Waals surface area contributed by atoms with Crippen molar-refractivity contribution in [1.29, 1.82) is 0 Å². The van der Waals surface area contributed by atoms with Gasteiger partial charge in [-0.1, -0.05) is 6.07 Å². The lowest BCUT2D eigenvalue weighted by Gasteiger charge is -2.07. The van der Waals surface area contributed by atoms with Gasteiger partial charge in [-0.3, -0.25) is 4.79 Å². The normalized spacial score (nSPS) is 10.6. The Morgan fingerprint density at radius 3 is 2.95 bits per heavy atom. The average Bonchev–Trinajstić information content (AvgIpc) is 2.38. The Labute approximate surface area is 106 Å². The van der Waals surface area contributed by atoms with Crippen LogP contribution < -0.4 is 10.3 Å². The molecule has 2 aromatic heterocycles. The van der Waals surface area contributed by atoms with Gasteiger partial charge in [0.25, 0.3) is 5.56 Å². The molecule has 0 spiro atoms. The highest BCUT2D eigenvalue weighted by Gasteiger charge is 2.07. The number of nitrogens with one attached hydrogen (secondary N) is 1. The van der Waals surface area contributed by atoms with Crippen molar-refractivity contribution in [2.75, 3.05) is 0 Å². The highest BCUT2D eigenvalue weighted by molar-refractivity contribution is 5.76. The second-order valence-electron chi connectivity index (χ2n) is 3.81. The first-order chi connectivity index (χ1) is 9.22. The number of ether oxygens (including phenoxy) is 1. The monoisotopic (exact) mass is 257 g/mol. The molecular formula is C13H8FN3O2. The fraction of sp³-hybridized carbons (Fsp3) is 0. The van der Waals surface area contributed by atoms with Crippen molar-refractivity contribution in [2.24, 2.45) is 0 Å². The van der Waals surface area contributed by atoms with E-state index in [0.29, 0.717) is 22.7 Å². The Balaban J connectivity index is 2.08. The number of H-pyrrole nitrogens is 1. The Bertz CT molecular complexity index is 801. The molecule has 5 nitrogen and oxygen atoms in total. The van der Waals surface area contributed by atoms with Crippen LogP contribution in [0.4, 0.5) is 4.39 Å². The maximum atomic E-state index is 13.1. The molecule has 0 saturated heterocycles. The third-order valence-corrected chi connectivity index (χ3v) is 2.46. The van der Waals surface area contributed by atoms with Crippen LogP contribution in [0, 0.1) is 5.82 Å². The summed E-state index contributed by atoms with van der Waals surface area (Å²) in [5, 5.41) is 0. The molecule has 0 atom stereocenters. The van der Waals surface area contributed by atoms with Crippen molar-refractivity contribution in [3.05, 3.63) is 58.9 Å². The molecule has 1 N–H and O–H groups in total. The Hall–Kier alpha value is -2.76. The van der Waals surface area contributed by atoms with Crippen molar-refractivity contribution in [3.63, 3.8) is 0 Å². The molecule has 0 radical (unpaired) electrons. The standard InChI is InChI=1S/C13H8FN3O2/c14-8-2-1-3-9(6-8)19-10-4-5-15-13-12(10)16-7-11(18)17-13/h1-7H,(H,15,17,18). The molecule has 0 aliphatic carbocycles. The molecule has 0 unspecified atom stereocenters. The van der Waals surface area contributed by atoms with Crippen LogP contribution in [0.15, 0.2) is 47.5 Å². The summed E-state index contributed by atoms with van der Waals surface area (Å²) in [5.74, 6) is 0.351. The topological polar surface area (TPSA) is 67.9 Å². The zero-order valence-corrected chi connectivity index (χ0v) is 9.63. The number of pyridine rings is 1. The van der Waals surface area contributed by atoms with E-state index in [9.17, 15) is 9.18 Å². The lowest BCUT2D eigenvalue weighted by Crippen LogP contribution is -2.06. The first-order valence-corrected chi connectivity index (χ1v) is 5.50. The molecule has 94 valence electrons. The van der Waals surface area contributed by atoms with Gasteiger partial charge in [0.1, 0.15) is 17.1 Å². The Morgan fingerprint density at radius 2 is 2.11 bits per heavy atom. The summed E-state index contributed by atoms with van der Waals surface area (Å²) in [5.41, 5.74) is 0.385. The number of nitrogens with zero attached hydrogens (tertiary/aromatic N) is 2. The molecule has 6 heteroatoms. The number of hydrogen-bond acceptors (Lipinski definition) is 4. The van der Waals surface area contributed by atoms with Gasteiger partial charge in [-0.2, -0.15) is 0 Å². The second-order valence-corrected chi connectivity index (χ2v) is 3.81. The maximum Gasteiger partial charge on any atom is 0.268 e. The summed E-state index contributed by atoms with van der Waals surface area (Å²) < 4.78 is 18.6. The van der Waals surface area contributed by atoms with E-state index in [0.717, 1.165) is 6.20 Å². The van der Waals surface area contributed by atoms with Crippen LogP contribution in [0.1, 0.15) is 0 Å². The molecule has 2 heterocycles. The number of rotatable bonds is 2. The van der Waals surface area contributed by atoms with Gasteiger partial charge in [0.05, 0.1) is 6.20 Å². The van der Waals surface area contributed by atoms with Crippen LogP contribution in [0.5, 0.6) is 11.5 Å². The van der Waals surface area contributed by atoms with Gasteiger partial charge in [0.2, 0.25) is 0 Å². The fourth-order valence-electron chi connectivity index (χ4n) is 1.66. The van der Waals surface area contributed by atoms with Crippen LogP contribution in [0.25, 0.3) is 11.2 Å². The van der Waals surface area contributed by atoms with Crippen LogP contribution in [0.3, 0.4) is 0 Å². The van der Waals surface area contributed by atoms with Crippen molar-refractivity contribution in [2.45, 2.75) is 0 Å². The minimum Gasteiger partial charge on any atom is -0.455 e. The van der Waals surface area contributed by atoms with Gasteiger partial charge in [-0.15, -0.1) is 0 Å². The predicted octanol–water partition coefficient (Wildman–Crippen LogP) is 2.25. The molecule has 0 fully saturated rings. The first-order valence-electron chi connectivity index (χ1n) is 5.50. The highest BCUT2D eigenvalue weighted by Crippen LogP contribution is 2.26. The lowest BCUT2D eigenvalue weighted by atomic mass is 10.3. The summed E-state index contributed by atoms with van der Waals surface area (Å²) in [6, 6.07) is 7.36. The zero-order chi connectivity index (χ0) is 13.2. The van der Waals surface area contributed by atoms with Gasteiger partial charge in [0.15, 0.2) is 11.4 Å². The second kappa shape index (κ2) is 4.49. The minimum atomic E-state index is -0.391. The van der Waals surface area contributed by atoms with Crippen LogP contribution in [0.2, 0.25) is 0 Å². The number of aromatic amines is 1. The lowest BCUT2D eigenvalue weighted by molar-refractivity contribution is 0.480. The SMILES string of the molecule is O=c1cnc2c(Oc3cccc(F)c3)ccnc2[nH]1. The molecule has 1 aromatic carbocycles. The number of benzene rings is 1. The van der Waals surface area contributed by atoms with Gasteiger partial charge in [-0.05, 0) is 12.1 Å². The molecule has 19 heavy (non-hydrogen) atoms. The Morgan fingerprint density at radius 1 is 1.21 bits per heavy atom. The van der Waals surface area contributed by atoms with E-state index in [1.54, 1.807) is 18.2 Å². The van der Waals surface area contributed by atoms with E-state index < -0.39 is 5.82 Å². The third kappa shape index (κ3) is 2.28. The maximum absolute atomic E-state index is 13.1. The smallest absolute Gasteiger partial charge is 0.268 e. The van der Waals surface area contributed by atoms with Crippen LogP contribution in [-0.2, 0) is 0 Å². The van der Waals surface area contributed by atoms with Crippen molar-refractivity contribution < 1.29 is 9.13 Å². The van der Waals surface area contributed by atoms with Crippen molar-refractivity contribution in [1.82, 2.24) is 15.0 Å². The van der Waals surface area contributed by atoms with E-state index in [4.69, 9.17) is 4.74 Å². The zero-order valence-electron chi connectivity index (χ0n) is 9.63. The van der Waals surface area contributed by atoms with E-state index >= 15 is 0 Å². The summed E-state index contributed by atoms with van der Waals surface area (Å²) in [6.07, 6.45) is 2.62. The molecule has 0 aliphatic heterocycles. The minimum absolute atomic E-state index is 0.321. The van der Waals surface area contributed by atoms with Crippen molar-refractivity contribution >= 4 is 11.2 Å². The fourth-order valence-corrected chi connectivity index (χ4v) is 1.66. The predicted molar refractivity (Wildman–Crippen MR) is 66.6 cm³/mol. The summed E-state index contributed by atoms with van der Waals surface area (Å²) >= 11 is 0. The molecule has 3 rings (SSSR count). The first kappa shape index (κ1) is 11.3. The van der Waals surface area contributed by atoms with Crippen LogP contribution >= 0.6 is 0 Å². The number of aromatic nitrogens is 3. The van der Waals surface area contributed by atoms with E-state index in [1.807, 2.05) is 0 Å². The van der Waals surface area contributed by atoms with Gasteiger partial charge in [0, 0.05) is 18.3 Å². The van der Waals surface area contributed by atoms with E-state index in [2.05, 4.69) is 15.0 Å². The third-order valence-electron chi connectivity index (χ3n) is 2.46. The molecular weight excluding hydrogens is 249 g/mol. The van der Waals surface area contributed by atoms with Gasteiger partial charge in [-0.25, -0.2) is 14.4 Å². The molecule has 0 bridgehead atoms. The van der Waals surface area contributed by atoms with Gasteiger partial charge < -0.3 is 9.72 Å². The summed E-state index contributed by atoms with van der Waals surface area (Å²) in [4.78, 5) is 21.7. The number of hydrogen-bond donors (Lipinski definition) is 1. The number of fused-ring (bicyclic) bond motifs is 1. The highest BCUT2D eigenvalue weighted by atomic mass is 19.1. The summed E-state index contributed by atoms with van der Waals surface area (Å²) in [7, 11) is 0. The average molecular weight is 257 g/mol. The molecule has 0 aliphatic rings. The Kier molecular flexibility index (Phi) is 2.68. The quantitative estimate of drug-likeness (QED) is 0.764. The van der Waals surface area contributed by atoms with E-state index in [1.165, 1.54) is 18.3 Å². The van der Waals surface area contributed by atoms with Gasteiger partial charge >= 0.3 is 0 Å². The van der Waals surface area contributed by atoms with E-state index in [-0.39, 0.29) is 5.56 Å². The summed E-state index contributed by atoms with van der Waals surface area (Å²) in [6.45, 7) is 0. The van der Waals surface area contributed by atoms with Crippen molar-refractivity contribution in [3.8, 4) is 11.5 Å². The number of halogens is 1. The molecule has 0 amide bonds. The van der Waals surface area contributed by atoms with Crippen LogP contribution in [-0.4, -0.2) is 15.0 Å². The molecule has 0 saturated carbocycles. The molecule has 3 aromatic rings.